The molecule has 0 atom stereocenters. The van der Waals surface area contributed by atoms with Crippen LogP contribution in [0.25, 0.3) is 39.2 Å². The van der Waals surface area contributed by atoms with Gasteiger partial charge in [0.25, 0.3) is 10.0 Å². The Morgan fingerprint density at radius 1 is 0.944 bits per heavy atom. The standard InChI is InChI=1S/C37H41F3N8O4SSi/c1-45-12-14-46(15-13-45)26-7-9-28-31(19-26)48(23-52-16-17-54(3,4)5)36(43-28)35-30-11-6-24(21-47(30)22-42-35)33-27(39)8-10-29(34(33)40)44-53(49,50)32-18-25(38)20-41-37(32)51-2/h6-11,18-22,44H,12-17,23H2,1-5H3. The van der Waals surface area contributed by atoms with Crippen LogP contribution in [0.3, 0.4) is 0 Å². The third-order valence-corrected chi connectivity index (χ3v) is 12.5. The van der Waals surface area contributed by atoms with Crippen molar-refractivity contribution in [3.05, 3.63) is 84.7 Å². The van der Waals surface area contributed by atoms with Crippen LogP contribution in [0.1, 0.15) is 0 Å². The highest BCUT2D eigenvalue weighted by molar-refractivity contribution is 7.92. The van der Waals surface area contributed by atoms with Crippen molar-refractivity contribution in [1.29, 1.82) is 0 Å². The monoisotopic (exact) mass is 778 g/mol. The van der Waals surface area contributed by atoms with E-state index in [1.807, 2.05) is 10.6 Å². The van der Waals surface area contributed by atoms with E-state index in [4.69, 9.17) is 19.4 Å². The lowest BCUT2D eigenvalue weighted by atomic mass is 10.0. The molecule has 6 aromatic rings. The minimum absolute atomic E-state index is 0.118. The van der Waals surface area contributed by atoms with Crippen LogP contribution in [0, 0.1) is 17.5 Å². The second-order valence-electron chi connectivity index (χ2n) is 14.5. The molecule has 5 heterocycles. The minimum Gasteiger partial charge on any atom is -0.480 e. The van der Waals surface area contributed by atoms with Gasteiger partial charge in [0.1, 0.15) is 30.4 Å². The van der Waals surface area contributed by atoms with Crippen molar-refractivity contribution < 1.29 is 31.1 Å². The first kappa shape index (κ1) is 37.3. The van der Waals surface area contributed by atoms with Gasteiger partial charge in [0.2, 0.25) is 5.88 Å². The average molecular weight is 779 g/mol. The fraction of sp³-hybridized carbons (Fsp3) is 0.324. The number of ether oxygens (including phenoxy) is 2. The van der Waals surface area contributed by atoms with Crippen LogP contribution < -0.4 is 14.4 Å². The van der Waals surface area contributed by atoms with Crippen molar-refractivity contribution in [2.24, 2.45) is 0 Å². The number of nitrogens with zero attached hydrogens (tertiary/aromatic N) is 7. The van der Waals surface area contributed by atoms with E-state index < -0.39 is 57.6 Å². The first-order valence-corrected chi connectivity index (χ1v) is 22.6. The summed E-state index contributed by atoms with van der Waals surface area (Å²) in [6.07, 6.45) is 3.83. The number of fused-ring (bicyclic) bond motifs is 2. The number of pyridine rings is 2. The Hall–Kier alpha value is -4.97. The van der Waals surface area contributed by atoms with Gasteiger partial charge in [-0.15, -0.1) is 0 Å². The van der Waals surface area contributed by atoms with Crippen LogP contribution in [0.5, 0.6) is 5.88 Å². The molecule has 1 saturated heterocycles. The number of imidazole rings is 2. The molecular formula is C37H41F3N8O4SSi. The van der Waals surface area contributed by atoms with Crippen molar-refractivity contribution >= 4 is 46.0 Å². The molecule has 2 aromatic carbocycles. The molecule has 1 aliphatic heterocycles. The van der Waals surface area contributed by atoms with E-state index in [-0.39, 0.29) is 12.3 Å². The van der Waals surface area contributed by atoms with Gasteiger partial charge >= 0.3 is 0 Å². The Balaban J connectivity index is 1.24. The number of rotatable bonds is 12. The van der Waals surface area contributed by atoms with Crippen LogP contribution in [0.4, 0.5) is 24.5 Å². The van der Waals surface area contributed by atoms with Crippen LogP contribution in [0.2, 0.25) is 25.7 Å². The highest BCUT2D eigenvalue weighted by Crippen LogP contribution is 2.35. The zero-order valence-corrected chi connectivity index (χ0v) is 32.4. The lowest BCUT2D eigenvalue weighted by Gasteiger charge is -2.34. The summed E-state index contributed by atoms with van der Waals surface area (Å²) in [5.74, 6) is -2.84. The molecule has 0 amide bonds. The lowest BCUT2D eigenvalue weighted by molar-refractivity contribution is 0.0909. The largest absolute Gasteiger partial charge is 0.480 e. The number of nitrogens with one attached hydrogen (secondary N) is 1. The highest BCUT2D eigenvalue weighted by atomic mass is 32.2. The van der Waals surface area contributed by atoms with Crippen LogP contribution >= 0.6 is 0 Å². The number of hydrogen-bond donors (Lipinski definition) is 1. The third kappa shape index (κ3) is 7.53. The molecule has 0 radical (unpaired) electrons. The maximum Gasteiger partial charge on any atom is 0.267 e. The molecule has 12 nitrogen and oxygen atoms in total. The van der Waals surface area contributed by atoms with Crippen LogP contribution in [-0.4, -0.2) is 92.3 Å². The topological polar surface area (TPSA) is 119 Å². The molecule has 17 heteroatoms. The Labute approximate surface area is 312 Å². The molecule has 0 saturated carbocycles. The van der Waals surface area contributed by atoms with Gasteiger partial charge in [-0.3, -0.25) is 9.29 Å². The number of sulfonamides is 1. The Bertz CT molecular complexity index is 2460. The highest BCUT2D eigenvalue weighted by Gasteiger charge is 2.26. The molecule has 1 aliphatic rings. The van der Waals surface area contributed by atoms with Crippen LogP contribution in [-0.2, 0) is 21.5 Å². The number of aromatic nitrogens is 5. The lowest BCUT2D eigenvalue weighted by Crippen LogP contribution is -2.44. The van der Waals surface area contributed by atoms with Gasteiger partial charge in [0, 0.05) is 64.4 Å². The van der Waals surface area contributed by atoms with E-state index in [9.17, 15) is 12.8 Å². The molecular weight excluding hydrogens is 738 g/mol. The molecule has 0 unspecified atom stereocenters. The predicted octanol–water partition coefficient (Wildman–Crippen LogP) is 6.70. The number of halogens is 3. The maximum absolute atomic E-state index is 16.0. The molecule has 0 bridgehead atoms. The van der Waals surface area contributed by atoms with Crippen molar-refractivity contribution in [3.8, 4) is 28.5 Å². The quantitative estimate of drug-likeness (QED) is 0.107. The number of hydrogen-bond acceptors (Lipinski definition) is 9. The summed E-state index contributed by atoms with van der Waals surface area (Å²) in [4.78, 5) is 17.4. The second-order valence-corrected chi connectivity index (χ2v) is 21.8. The Kier molecular flexibility index (Phi) is 10.2. The summed E-state index contributed by atoms with van der Waals surface area (Å²) in [7, 11) is -2.64. The summed E-state index contributed by atoms with van der Waals surface area (Å²) in [6, 6.07) is 13.0. The van der Waals surface area contributed by atoms with E-state index in [0.29, 0.717) is 29.7 Å². The van der Waals surface area contributed by atoms with Gasteiger partial charge in [-0.25, -0.2) is 36.5 Å². The molecule has 0 aliphatic carbocycles. The first-order chi connectivity index (χ1) is 25.7. The van der Waals surface area contributed by atoms with Crippen molar-refractivity contribution in [2.75, 3.05) is 56.6 Å². The smallest absolute Gasteiger partial charge is 0.267 e. The molecule has 1 fully saturated rings. The second kappa shape index (κ2) is 14.7. The first-order valence-electron chi connectivity index (χ1n) is 17.4. The number of benzene rings is 2. The van der Waals surface area contributed by atoms with Gasteiger partial charge in [0.05, 0.1) is 41.1 Å². The van der Waals surface area contributed by atoms with Gasteiger partial charge in [-0.2, -0.15) is 0 Å². The minimum atomic E-state index is -4.60. The average Bonchev–Trinajstić information content (AvgIpc) is 3.71. The Morgan fingerprint density at radius 3 is 2.46 bits per heavy atom. The van der Waals surface area contributed by atoms with Crippen molar-refractivity contribution in [1.82, 2.24) is 28.8 Å². The summed E-state index contributed by atoms with van der Waals surface area (Å²) < 4.78 is 88.6. The van der Waals surface area contributed by atoms with Crippen LogP contribution in [0.15, 0.2) is 72.1 Å². The summed E-state index contributed by atoms with van der Waals surface area (Å²) in [6.45, 7) is 11.6. The van der Waals surface area contributed by atoms with Gasteiger partial charge < -0.3 is 23.7 Å². The number of methoxy groups -OCH3 is 1. The van der Waals surface area contributed by atoms with E-state index in [2.05, 4.69) is 58.3 Å². The summed E-state index contributed by atoms with van der Waals surface area (Å²) in [5, 5.41) is 0. The van der Waals surface area contributed by atoms with Gasteiger partial charge in [0.15, 0.2) is 16.5 Å². The Morgan fingerprint density at radius 2 is 1.72 bits per heavy atom. The maximum atomic E-state index is 16.0. The van der Waals surface area contributed by atoms with E-state index in [0.717, 1.165) is 74.4 Å². The number of piperazine rings is 1. The van der Waals surface area contributed by atoms with E-state index in [1.165, 1.54) is 18.6 Å². The summed E-state index contributed by atoms with van der Waals surface area (Å²) in [5.41, 5.74) is 3.05. The van der Waals surface area contributed by atoms with E-state index >= 15 is 8.78 Å². The normalized spacial score (nSPS) is 14.3. The molecule has 284 valence electrons. The molecule has 0 spiro atoms. The SMILES string of the molecule is COc1ncc(F)cc1S(=O)(=O)Nc1ccc(F)c(-c2ccc3c(-c4nc5ccc(N6CCN(C)CC6)cc5n4COCC[Si](C)(C)C)ncn3c2)c1F. The fourth-order valence-electron chi connectivity index (χ4n) is 6.39. The molecule has 4 aromatic heterocycles. The zero-order valence-electron chi connectivity index (χ0n) is 30.6. The molecule has 7 rings (SSSR count). The molecule has 54 heavy (non-hydrogen) atoms. The molecule has 1 N–H and O–H groups in total. The van der Waals surface area contributed by atoms with Crippen molar-refractivity contribution in [2.45, 2.75) is 37.3 Å². The van der Waals surface area contributed by atoms with Gasteiger partial charge in [-0.05, 0) is 49.5 Å². The number of anilines is 2. The number of likely N-dealkylation sites (N-methyl/N-ethyl adjacent to an activating group) is 1. The van der Waals surface area contributed by atoms with Gasteiger partial charge in [-0.1, -0.05) is 25.7 Å². The predicted molar refractivity (Wildman–Crippen MR) is 205 cm³/mol. The van der Waals surface area contributed by atoms with E-state index in [1.54, 1.807) is 10.5 Å². The fourth-order valence-corrected chi connectivity index (χ4v) is 8.34. The summed E-state index contributed by atoms with van der Waals surface area (Å²) >= 11 is 0. The third-order valence-electron chi connectivity index (χ3n) is 9.45. The van der Waals surface area contributed by atoms with Crippen molar-refractivity contribution in [3.63, 3.8) is 0 Å². The zero-order chi connectivity index (χ0) is 38.4.